The third kappa shape index (κ3) is 4.63. The van der Waals surface area contributed by atoms with Crippen LogP contribution in [0.5, 0.6) is 5.75 Å². The van der Waals surface area contributed by atoms with E-state index in [1.54, 1.807) is 24.3 Å². The molecular weight excluding hydrogens is 502 g/mol. The summed E-state index contributed by atoms with van der Waals surface area (Å²) < 4.78 is 0.959. The van der Waals surface area contributed by atoms with Gasteiger partial charge in [-0.2, -0.15) is 0 Å². The average molecular weight is 522 g/mol. The standard InChI is InChI=1S/C26H20BrNO6/c27-19-10-8-16(9-11-19)15-4-6-17(7-5-15)22(30)14-18(26(33)34)12-13-28-24(31)20-2-1-3-21(29)23(20)25(28)32/h1-11,18,29H,12-14H2,(H,33,34). The summed E-state index contributed by atoms with van der Waals surface area (Å²) in [7, 11) is 0. The Balaban J connectivity index is 1.42. The van der Waals surface area contributed by atoms with E-state index < -0.39 is 23.7 Å². The number of fused-ring (bicyclic) bond motifs is 1. The van der Waals surface area contributed by atoms with Gasteiger partial charge in [0.15, 0.2) is 5.78 Å². The highest BCUT2D eigenvalue weighted by atomic mass is 79.9. The van der Waals surface area contributed by atoms with E-state index in [1.807, 2.05) is 24.3 Å². The van der Waals surface area contributed by atoms with Crippen molar-refractivity contribution in [1.29, 1.82) is 0 Å². The summed E-state index contributed by atoms with van der Waals surface area (Å²) >= 11 is 3.39. The highest BCUT2D eigenvalue weighted by molar-refractivity contribution is 9.10. The number of rotatable bonds is 8. The normalized spacial score (nSPS) is 13.6. The van der Waals surface area contributed by atoms with Gasteiger partial charge in [-0.15, -0.1) is 0 Å². The van der Waals surface area contributed by atoms with Crippen molar-refractivity contribution in [3.8, 4) is 16.9 Å². The molecule has 1 aliphatic rings. The molecule has 1 atom stereocenters. The summed E-state index contributed by atoms with van der Waals surface area (Å²) in [6.45, 7) is -0.168. The largest absolute Gasteiger partial charge is 0.507 e. The van der Waals surface area contributed by atoms with Gasteiger partial charge < -0.3 is 10.2 Å². The average Bonchev–Trinajstić information content (AvgIpc) is 3.07. The molecule has 1 aliphatic heterocycles. The Kier molecular flexibility index (Phi) is 6.61. The van der Waals surface area contributed by atoms with Crippen molar-refractivity contribution >= 4 is 39.5 Å². The summed E-state index contributed by atoms with van der Waals surface area (Å²) in [5, 5.41) is 19.5. The number of phenolic OH excluding ortho intramolecular Hbond substituents is 1. The van der Waals surface area contributed by atoms with Crippen LogP contribution in [0.3, 0.4) is 0 Å². The number of carboxylic acids is 1. The minimum Gasteiger partial charge on any atom is -0.507 e. The van der Waals surface area contributed by atoms with Crippen molar-refractivity contribution in [2.24, 2.45) is 5.92 Å². The predicted octanol–water partition coefficient (Wildman–Crippen LogP) is 4.78. The van der Waals surface area contributed by atoms with Gasteiger partial charge in [0, 0.05) is 23.0 Å². The van der Waals surface area contributed by atoms with Gasteiger partial charge in [0.1, 0.15) is 5.75 Å². The number of halogens is 1. The molecule has 3 aromatic rings. The lowest BCUT2D eigenvalue weighted by molar-refractivity contribution is -0.142. The smallest absolute Gasteiger partial charge is 0.307 e. The highest BCUT2D eigenvalue weighted by Crippen LogP contribution is 2.31. The van der Waals surface area contributed by atoms with Crippen molar-refractivity contribution < 1.29 is 29.4 Å². The number of phenols is 1. The van der Waals surface area contributed by atoms with Crippen molar-refractivity contribution in [3.63, 3.8) is 0 Å². The molecule has 0 fully saturated rings. The number of carbonyl (C=O) groups is 4. The van der Waals surface area contributed by atoms with E-state index in [4.69, 9.17) is 0 Å². The highest BCUT2D eigenvalue weighted by Gasteiger charge is 2.38. The van der Waals surface area contributed by atoms with Crippen LogP contribution in [0.25, 0.3) is 11.1 Å². The second-order valence-electron chi connectivity index (χ2n) is 8.00. The van der Waals surface area contributed by atoms with Gasteiger partial charge in [0.2, 0.25) is 0 Å². The number of aromatic hydroxyl groups is 1. The van der Waals surface area contributed by atoms with Gasteiger partial charge in [-0.3, -0.25) is 24.1 Å². The summed E-state index contributed by atoms with van der Waals surface area (Å²) in [6.07, 6.45) is -0.342. The minimum atomic E-state index is -1.18. The van der Waals surface area contributed by atoms with E-state index in [2.05, 4.69) is 15.9 Å². The SMILES string of the molecule is O=C(CC(CCN1C(=O)c2cccc(O)c2C1=O)C(=O)O)c1ccc(-c2ccc(Br)cc2)cc1. The number of amides is 2. The predicted molar refractivity (Wildman–Crippen MR) is 128 cm³/mol. The fourth-order valence-electron chi connectivity index (χ4n) is 3.95. The number of Topliss-reactive ketones (excluding diaryl/α,β-unsaturated/α-hetero) is 1. The van der Waals surface area contributed by atoms with Crippen LogP contribution in [0.15, 0.2) is 71.2 Å². The lowest BCUT2D eigenvalue weighted by Gasteiger charge is -2.17. The van der Waals surface area contributed by atoms with Crippen molar-refractivity contribution in [2.75, 3.05) is 6.54 Å². The van der Waals surface area contributed by atoms with Gasteiger partial charge in [0.25, 0.3) is 11.8 Å². The molecule has 0 aromatic heterocycles. The minimum absolute atomic E-state index is 0.0791. The number of ketones is 1. The number of carboxylic acid groups (broad SMARTS) is 1. The van der Waals surface area contributed by atoms with E-state index >= 15 is 0 Å². The van der Waals surface area contributed by atoms with Crippen LogP contribution in [0, 0.1) is 5.92 Å². The molecule has 1 heterocycles. The molecule has 8 heteroatoms. The lowest BCUT2D eigenvalue weighted by atomic mass is 9.94. The number of aliphatic carboxylic acids is 1. The molecule has 2 amide bonds. The Morgan fingerprint density at radius 3 is 2.09 bits per heavy atom. The van der Waals surface area contributed by atoms with Gasteiger partial charge in [0.05, 0.1) is 17.0 Å². The second kappa shape index (κ2) is 9.61. The molecule has 0 saturated carbocycles. The Bertz CT molecular complexity index is 1280. The molecular formula is C26H20BrNO6. The molecule has 4 rings (SSSR count). The van der Waals surface area contributed by atoms with Crippen molar-refractivity contribution in [1.82, 2.24) is 4.90 Å². The van der Waals surface area contributed by atoms with Gasteiger partial charge in [-0.05, 0) is 41.8 Å². The quantitative estimate of drug-likeness (QED) is 0.325. The summed E-state index contributed by atoms with van der Waals surface area (Å²) in [6, 6.07) is 18.9. The van der Waals surface area contributed by atoms with Crippen LogP contribution >= 0.6 is 15.9 Å². The second-order valence-corrected chi connectivity index (χ2v) is 8.91. The van der Waals surface area contributed by atoms with Crippen LogP contribution < -0.4 is 0 Å². The Morgan fingerprint density at radius 2 is 1.50 bits per heavy atom. The first-order chi connectivity index (χ1) is 16.3. The van der Waals surface area contributed by atoms with Gasteiger partial charge >= 0.3 is 5.97 Å². The number of hydrogen-bond acceptors (Lipinski definition) is 5. The van der Waals surface area contributed by atoms with Crippen LogP contribution in [0.1, 0.15) is 43.9 Å². The van der Waals surface area contributed by atoms with Crippen LogP contribution in [-0.2, 0) is 4.79 Å². The molecule has 7 nitrogen and oxygen atoms in total. The summed E-state index contributed by atoms with van der Waals surface area (Å²) in [4.78, 5) is 50.5. The molecule has 34 heavy (non-hydrogen) atoms. The molecule has 2 N–H and O–H groups in total. The molecule has 3 aromatic carbocycles. The van der Waals surface area contributed by atoms with E-state index in [-0.39, 0.29) is 42.0 Å². The molecule has 0 bridgehead atoms. The zero-order chi connectivity index (χ0) is 24.4. The first kappa shape index (κ1) is 23.4. The molecule has 0 aliphatic carbocycles. The summed E-state index contributed by atoms with van der Waals surface area (Å²) in [5.41, 5.74) is 2.29. The van der Waals surface area contributed by atoms with E-state index in [9.17, 15) is 29.4 Å². The fourth-order valence-corrected chi connectivity index (χ4v) is 4.21. The maximum atomic E-state index is 12.7. The van der Waals surface area contributed by atoms with Gasteiger partial charge in [-0.25, -0.2) is 0 Å². The van der Waals surface area contributed by atoms with Crippen molar-refractivity contribution in [2.45, 2.75) is 12.8 Å². The molecule has 0 saturated heterocycles. The molecule has 1 unspecified atom stereocenters. The molecule has 0 spiro atoms. The van der Waals surface area contributed by atoms with Crippen LogP contribution in [-0.4, -0.2) is 45.2 Å². The number of carbonyl (C=O) groups excluding carboxylic acids is 3. The molecule has 172 valence electrons. The zero-order valence-corrected chi connectivity index (χ0v) is 19.5. The van der Waals surface area contributed by atoms with E-state index in [1.165, 1.54) is 18.2 Å². The molecule has 0 radical (unpaired) electrons. The number of hydrogen-bond donors (Lipinski definition) is 2. The number of benzene rings is 3. The van der Waals surface area contributed by atoms with Gasteiger partial charge in [-0.1, -0.05) is 58.4 Å². The van der Waals surface area contributed by atoms with Crippen LogP contribution in [0.2, 0.25) is 0 Å². The Hall–Kier alpha value is -3.78. The summed E-state index contributed by atoms with van der Waals surface area (Å²) in [5.74, 6) is -4.15. The maximum absolute atomic E-state index is 12.7. The third-order valence-electron chi connectivity index (χ3n) is 5.84. The first-order valence-electron chi connectivity index (χ1n) is 10.6. The number of nitrogens with zero attached hydrogens (tertiary/aromatic N) is 1. The van der Waals surface area contributed by atoms with Crippen molar-refractivity contribution in [3.05, 3.63) is 87.9 Å². The van der Waals surface area contributed by atoms with Crippen LogP contribution in [0.4, 0.5) is 0 Å². The van der Waals surface area contributed by atoms with E-state index in [0.717, 1.165) is 20.5 Å². The monoisotopic (exact) mass is 521 g/mol. The number of imide groups is 1. The Labute approximate surface area is 203 Å². The lowest BCUT2D eigenvalue weighted by Crippen LogP contribution is -2.33. The zero-order valence-electron chi connectivity index (χ0n) is 17.9. The third-order valence-corrected chi connectivity index (χ3v) is 6.37. The maximum Gasteiger partial charge on any atom is 0.307 e. The first-order valence-corrected chi connectivity index (χ1v) is 11.4. The topological polar surface area (TPSA) is 112 Å². The Morgan fingerprint density at radius 1 is 0.882 bits per heavy atom. The fraction of sp³-hybridized carbons (Fsp3) is 0.154. The van der Waals surface area contributed by atoms with E-state index in [0.29, 0.717) is 5.56 Å².